The normalized spacial score (nSPS) is 33.0. The van der Waals surface area contributed by atoms with E-state index < -0.39 is 0 Å². The van der Waals surface area contributed by atoms with Gasteiger partial charge in [0.25, 0.3) is 0 Å². The minimum atomic E-state index is 0.268. The number of rotatable bonds is 3. The van der Waals surface area contributed by atoms with E-state index in [2.05, 4.69) is 31.1 Å². The molecule has 2 fully saturated rings. The van der Waals surface area contributed by atoms with Crippen LogP contribution in [0.3, 0.4) is 0 Å². The predicted molar refractivity (Wildman–Crippen MR) is 65.1 cm³/mol. The number of nitrogens with one attached hydrogen (secondary N) is 1. The Balaban J connectivity index is 1.96. The molecule has 1 saturated carbocycles. The monoisotopic (exact) mass is 210 g/mol. The van der Waals surface area contributed by atoms with E-state index in [0.717, 1.165) is 12.0 Å². The largest absolute Gasteiger partial charge is 0.314 e. The first kappa shape index (κ1) is 11.4. The molecule has 0 bridgehead atoms. The summed E-state index contributed by atoms with van der Waals surface area (Å²) in [5.41, 5.74) is 0.268. The van der Waals surface area contributed by atoms with Gasteiger partial charge in [0, 0.05) is 18.1 Å². The van der Waals surface area contributed by atoms with Crippen molar-refractivity contribution in [2.24, 2.45) is 5.92 Å². The smallest absolute Gasteiger partial charge is 0.0249 e. The number of piperidine rings is 1. The van der Waals surface area contributed by atoms with Gasteiger partial charge in [-0.05, 0) is 59.0 Å². The lowest BCUT2D eigenvalue weighted by Crippen LogP contribution is -2.53. The molecule has 15 heavy (non-hydrogen) atoms. The van der Waals surface area contributed by atoms with Crippen molar-refractivity contribution in [2.45, 2.75) is 57.5 Å². The van der Waals surface area contributed by atoms with E-state index in [-0.39, 0.29) is 5.54 Å². The van der Waals surface area contributed by atoms with Crippen LogP contribution in [-0.2, 0) is 0 Å². The van der Waals surface area contributed by atoms with E-state index in [1.807, 2.05) is 0 Å². The Morgan fingerprint density at radius 1 is 1.20 bits per heavy atom. The first-order chi connectivity index (χ1) is 7.12. The van der Waals surface area contributed by atoms with Gasteiger partial charge in [-0.3, -0.25) is 4.90 Å². The molecule has 1 aliphatic carbocycles. The lowest BCUT2D eigenvalue weighted by Gasteiger charge is -2.42. The van der Waals surface area contributed by atoms with Crippen molar-refractivity contribution in [3.8, 4) is 0 Å². The first-order valence-corrected chi connectivity index (χ1v) is 6.55. The van der Waals surface area contributed by atoms with Crippen LogP contribution in [0.4, 0.5) is 0 Å². The maximum atomic E-state index is 3.43. The first-order valence-electron chi connectivity index (χ1n) is 6.55. The lowest BCUT2D eigenvalue weighted by atomic mass is 9.90. The van der Waals surface area contributed by atoms with Crippen LogP contribution in [0.2, 0.25) is 0 Å². The van der Waals surface area contributed by atoms with Crippen molar-refractivity contribution in [2.75, 3.05) is 20.1 Å². The van der Waals surface area contributed by atoms with E-state index in [4.69, 9.17) is 0 Å². The van der Waals surface area contributed by atoms with Gasteiger partial charge >= 0.3 is 0 Å². The molecule has 2 rings (SSSR count). The van der Waals surface area contributed by atoms with Crippen molar-refractivity contribution < 1.29 is 0 Å². The molecular weight excluding hydrogens is 184 g/mol. The Morgan fingerprint density at radius 2 is 1.93 bits per heavy atom. The fourth-order valence-electron chi connectivity index (χ4n) is 3.34. The van der Waals surface area contributed by atoms with Crippen molar-refractivity contribution in [3.63, 3.8) is 0 Å². The van der Waals surface area contributed by atoms with Crippen LogP contribution in [0.1, 0.15) is 46.0 Å². The third kappa shape index (κ3) is 2.54. The number of hydrogen-bond donors (Lipinski definition) is 1. The zero-order valence-electron chi connectivity index (χ0n) is 10.6. The summed E-state index contributed by atoms with van der Waals surface area (Å²) in [6.07, 6.45) is 7.31. The minimum absolute atomic E-state index is 0.268. The average molecular weight is 210 g/mol. The zero-order valence-corrected chi connectivity index (χ0v) is 10.6. The molecule has 2 nitrogen and oxygen atoms in total. The quantitative estimate of drug-likeness (QED) is 0.768. The van der Waals surface area contributed by atoms with E-state index in [0.29, 0.717) is 0 Å². The van der Waals surface area contributed by atoms with Crippen molar-refractivity contribution >= 4 is 0 Å². The van der Waals surface area contributed by atoms with E-state index in [9.17, 15) is 0 Å². The molecule has 0 radical (unpaired) electrons. The molecule has 88 valence electrons. The molecular formula is C13H26N2. The van der Waals surface area contributed by atoms with Gasteiger partial charge in [-0.2, -0.15) is 0 Å². The van der Waals surface area contributed by atoms with Gasteiger partial charge in [0.05, 0.1) is 0 Å². The van der Waals surface area contributed by atoms with Crippen molar-refractivity contribution in [3.05, 3.63) is 0 Å². The molecule has 1 aliphatic heterocycles. The lowest BCUT2D eigenvalue weighted by molar-refractivity contribution is 0.0863. The van der Waals surface area contributed by atoms with Crippen LogP contribution in [0.15, 0.2) is 0 Å². The maximum Gasteiger partial charge on any atom is 0.0249 e. The second-order valence-corrected chi connectivity index (χ2v) is 6.00. The highest BCUT2D eigenvalue weighted by molar-refractivity contribution is 4.92. The predicted octanol–water partition coefficient (Wildman–Crippen LogP) is 2.25. The third-order valence-corrected chi connectivity index (χ3v) is 4.38. The molecule has 2 unspecified atom stereocenters. The van der Waals surface area contributed by atoms with Crippen LogP contribution in [-0.4, -0.2) is 36.6 Å². The summed E-state index contributed by atoms with van der Waals surface area (Å²) in [6, 6.07) is 0.909. The van der Waals surface area contributed by atoms with Crippen LogP contribution in [0, 0.1) is 5.92 Å². The summed E-state index contributed by atoms with van der Waals surface area (Å²) in [7, 11) is 2.08. The summed E-state index contributed by atoms with van der Waals surface area (Å²) >= 11 is 0. The molecule has 0 aromatic rings. The number of hydrogen-bond acceptors (Lipinski definition) is 2. The summed E-state index contributed by atoms with van der Waals surface area (Å²) in [4.78, 5) is 2.75. The van der Waals surface area contributed by atoms with Gasteiger partial charge in [-0.15, -0.1) is 0 Å². The van der Waals surface area contributed by atoms with Crippen LogP contribution >= 0.6 is 0 Å². The van der Waals surface area contributed by atoms with Gasteiger partial charge in [0.2, 0.25) is 0 Å². The van der Waals surface area contributed by atoms with E-state index in [1.54, 1.807) is 0 Å². The molecule has 0 amide bonds. The molecule has 0 spiro atoms. The zero-order chi connectivity index (χ0) is 10.9. The fraction of sp³-hybridized carbons (Fsp3) is 1.00. The maximum absolute atomic E-state index is 3.43. The summed E-state index contributed by atoms with van der Waals surface area (Å²) in [5.74, 6) is 1.02. The summed E-state index contributed by atoms with van der Waals surface area (Å²) in [6.45, 7) is 7.16. The molecule has 2 aliphatic rings. The summed E-state index contributed by atoms with van der Waals surface area (Å²) < 4.78 is 0. The highest BCUT2D eigenvalue weighted by Crippen LogP contribution is 2.37. The van der Waals surface area contributed by atoms with Gasteiger partial charge in [0.15, 0.2) is 0 Å². The van der Waals surface area contributed by atoms with Gasteiger partial charge < -0.3 is 5.32 Å². The highest BCUT2D eigenvalue weighted by atomic mass is 15.2. The number of likely N-dealkylation sites (tertiary alicyclic amines) is 1. The second-order valence-electron chi connectivity index (χ2n) is 6.00. The van der Waals surface area contributed by atoms with Crippen molar-refractivity contribution in [1.82, 2.24) is 10.2 Å². The Labute approximate surface area is 94.4 Å². The van der Waals surface area contributed by atoms with Crippen molar-refractivity contribution in [1.29, 1.82) is 0 Å². The molecule has 0 aromatic heterocycles. The molecule has 1 saturated heterocycles. The Hall–Kier alpha value is -0.0800. The van der Waals surface area contributed by atoms with Crippen LogP contribution in [0.25, 0.3) is 0 Å². The van der Waals surface area contributed by atoms with Crippen LogP contribution < -0.4 is 5.32 Å². The van der Waals surface area contributed by atoms with E-state index >= 15 is 0 Å². The third-order valence-electron chi connectivity index (χ3n) is 4.38. The molecule has 2 atom stereocenters. The standard InChI is InChI=1S/C13H26N2/c1-13(2,14-3)10-15-9-5-7-11-6-4-8-12(11)15/h11-12,14H,4-10H2,1-3H3. The number of fused-ring (bicyclic) bond motifs is 1. The van der Waals surface area contributed by atoms with Crippen LogP contribution in [0.5, 0.6) is 0 Å². The minimum Gasteiger partial charge on any atom is -0.314 e. The molecule has 0 aromatic carbocycles. The number of nitrogens with zero attached hydrogens (tertiary/aromatic N) is 1. The van der Waals surface area contributed by atoms with Gasteiger partial charge in [-0.1, -0.05) is 6.42 Å². The molecule has 1 N–H and O–H groups in total. The molecule has 2 heteroatoms. The van der Waals surface area contributed by atoms with Gasteiger partial charge in [0.1, 0.15) is 0 Å². The topological polar surface area (TPSA) is 15.3 Å². The number of likely N-dealkylation sites (N-methyl/N-ethyl adjacent to an activating group) is 1. The second kappa shape index (κ2) is 4.42. The Bertz CT molecular complexity index is 213. The average Bonchev–Trinajstić information content (AvgIpc) is 2.66. The highest BCUT2D eigenvalue weighted by Gasteiger charge is 2.36. The van der Waals surface area contributed by atoms with E-state index in [1.165, 1.54) is 45.2 Å². The SMILES string of the molecule is CNC(C)(C)CN1CCCC2CCCC21. The Morgan fingerprint density at radius 3 is 2.67 bits per heavy atom. The fourth-order valence-corrected chi connectivity index (χ4v) is 3.34. The summed E-state index contributed by atoms with van der Waals surface area (Å²) in [5, 5.41) is 3.43. The molecule has 1 heterocycles. The van der Waals surface area contributed by atoms with Gasteiger partial charge in [-0.25, -0.2) is 0 Å². The Kier molecular flexibility index (Phi) is 3.36.